The number of methoxy groups -OCH3 is 3. The summed E-state index contributed by atoms with van der Waals surface area (Å²) < 4.78 is 81.8. The maximum Gasteiger partial charge on any atom is 0.509 e. The van der Waals surface area contributed by atoms with Crippen molar-refractivity contribution in [2.24, 2.45) is 0 Å². The molecule has 2 aromatic rings. The van der Waals surface area contributed by atoms with Gasteiger partial charge in [-0.3, -0.25) is 9.59 Å². The quantitative estimate of drug-likeness (QED) is 0.148. The molecule has 2 bridgehead atoms. The summed E-state index contributed by atoms with van der Waals surface area (Å²) in [4.78, 5) is 39.7. The molecule has 19 heteroatoms. The standard InChI is InChI=1S/C42H54O18Si/c1-17-13-21-27(31(46)29-28(32(21)48-8)22(44)14-23(30(29)45)60-61(11,12)38(5,6)7)33-26(17)34-35-41(56-33,39(16-51-39)42(57-34,58-35)36(49-9)50-10)55-25-15-24(54-20(4)43)40(18(2)52-25)19(3)53-37(47)59-40/h13,18-19,22-25,34-36,44,46H,14-16H2,1-12H3/t18?,19-,22-,23?,24?,25?,34?,35?,39-,40?,41+,42?/m0/s1. The Morgan fingerprint density at radius 1 is 1.02 bits per heavy atom. The van der Waals surface area contributed by atoms with E-state index in [1.165, 1.54) is 28.3 Å². The lowest BCUT2D eigenvalue weighted by molar-refractivity contribution is -0.387. The van der Waals surface area contributed by atoms with E-state index in [4.69, 9.17) is 61.3 Å². The van der Waals surface area contributed by atoms with Gasteiger partial charge in [0.2, 0.25) is 17.5 Å². The number of aliphatic hydroxyl groups excluding tert-OH is 1. The fraction of sp³-hybridized carbons (Fsp3) is 0.690. The van der Waals surface area contributed by atoms with Crippen molar-refractivity contribution in [1.82, 2.24) is 0 Å². The van der Waals surface area contributed by atoms with E-state index in [1.807, 2.05) is 20.0 Å². The Kier molecular flexibility index (Phi) is 9.57. The number of Topliss-reactive ketones (excluding diaryl/α,β-unsaturated/α-hetero) is 1. The molecule has 5 fully saturated rings. The number of cyclic esters (lactones) is 1. The zero-order valence-corrected chi connectivity index (χ0v) is 37.3. The molecule has 9 rings (SSSR count). The molecule has 12 atom stereocenters. The van der Waals surface area contributed by atoms with Crippen LogP contribution in [0.2, 0.25) is 18.1 Å². The molecule has 5 saturated heterocycles. The highest BCUT2D eigenvalue weighted by atomic mass is 28.4. The number of rotatable bonds is 9. The summed E-state index contributed by atoms with van der Waals surface area (Å²) in [6.07, 6.45) is -10.8. The Balaban J connectivity index is 1.22. The number of ether oxygens (including phenoxy) is 12. The zero-order chi connectivity index (χ0) is 44.1. The van der Waals surface area contributed by atoms with E-state index >= 15 is 0 Å². The van der Waals surface area contributed by atoms with E-state index in [0.717, 1.165) is 0 Å². The van der Waals surface area contributed by atoms with Gasteiger partial charge in [-0.25, -0.2) is 4.79 Å². The first-order chi connectivity index (χ1) is 28.6. The van der Waals surface area contributed by atoms with Gasteiger partial charge in [0.15, 0.2) is 32.6 Å². The molecule has 0 saturated carbocycles. The fourth-order valence-corrected chi connectivity index (χ4v) is 11.7. The van der Waals surface area contributed by atoms with Gasteiger partial charge < -0.3 is 71.5 Å². The van der Waals surface area contributed by atoms with Crippen molar-refractivity contribution in [2.75, 3.05) is 27.9 Å². The fourth-order valence-electron chi connectivity index (χ4n) is 10.4. The maximum absolute atomic E-state index is 14.6. The first-order valence-electron chi connectivity index (χ1n) is 20.5. The van der Waals surface area contributed by atoms with E-state index in [-0.39, 0.29) is 52.5 Å². The van der Waals surface area contributed by atoms with Crippen LogP contribution in [-0.4, -0.2) is 130 Å². The Labute approximate surface area is 353 Å². The highest BCUT2D eigenvalue weighted by Crippen LogP contribution is 2.72. The number of ketones is 1. The van der Waals surface area contributed by atoms with Crippen molar-refractivity contribution >= 4 is 37.0 Å². The van der Waals surface area contributed by atoms with Crippen molar-refractivity contribution in [2.45, 2.75) is 158 Å². The molecule has 6 heterocycles. The van der Waals surface area contributed by atoms with E-state index in [1.54, 1.807) is 19.9 Å². The number of esters is 1. The molecule has 18 nitrogen and oxygen atoms in total. The van der Waals surface area contributed by atoms with Crippen LogP contribution >= 0.6 is 0 Å². The van der Waals surface area contributed by atoms with Crippen molar-refractivity contribution < 1.29 is 85.9 Å². The molecule has 2 N–H and O–H groups in total. The second-order valence-electron chi connectivity index (χ2n) is 18.6. The lowest BCUT2D eigenvalue weighted by Gasteiger charge is -2.52. The monoisotopic (exact) mass is 874 g/mol. The van der Waals surface area contributed by atoms with Gasteiger partial charge in [-0.05, 0) is 50.5 Å². The number of hydrogen-bond donors (Lipinski definition) is 2. The van der Waals surface area contributed by atoms with Gasteiger partial charge in [0.05, 0.1) is 30.8 Å². The summed E-state index contributed by atoms with van der Waals surface area (Å²) in [5, 5.41) is 24.4. The highest BCUT2D eigenvalue weighted by Gasteiger charge is 2.94. The van der Waals surface area contributed by atoms with Crippen LogP contribution in [-0.2, 0) is 56.6 Å². The number of phenolic OH excluding ortho intramolecular Hbond substituents is 1. The first-order valence-corrected chi connectivity index (χ1v) is 23.4. The average Bonchev–Trinajstić information content (AvgIpc) is 3.73. The minimum absolute atomic E-state index is 0.0341. The number of aromatic hydroxyl groups is 1. The molecule has 334 valence electrons. The predicted octanol–water partition coefficient (Wildman–Crippen LogP) is 4.89. The summed E-state index contributed by atoms with van der Waals surface area (Å²) in [6, 6.07) is 1.77. The molecule has 8 unspecified atom stereocenters. The highest BCUT2D eigenvalue weighted by molar-refractivity contribution is 6.74. The molecule has 0 aromatic heterocycles. The van der Waals surface area contributed by atoms with Crippen LogP contribution in [0.4, 0.5) is 4.79 Å². The van der Waals surface area contributed by atoms with Crippen LogP contribution < -0.4 is 9.47 Å². The number of phenols is 1. The number of hydrogen-bond acceptors (Lipinski definition) is 18. The average molecular weight is 875 g/mol. The van der Waals surface area contributed by atoms with Crippen LogP contribution in [0.5, 0.6) is 17.2 Å². The lowest BCUT2D eigenvalue weighted by Crippen LogP contribution is -2.72. The second kappa shape index (κ2) is 13.7. The van der Waals surface area contributed by atoms with Crippen molar-refractivity contribution in [1.29, 1.82) is 0 Å². The molecule has 6 aliphatic heterocycles. The number of epoxide rings is 1. The molecule has 7 aliphatic rings. The van der Waals surface area contributed by atoms with E-state index in [9.17, 15) is 24.6 Å². The Bertz CT molecular complexity index is 2210. The van der Waals surface area contributed by atoms with Gasteiger partial charge in [0, 0.05) is 50.5 Å². The van der Waals surface area contributed by atoms with Gasteiger partial charge in [-0.1, -0.05) is 20.8 Å². The maximum atomic E-state index is 14.6. The number of carbonyl (C=O) groups excluding carboxylic acids is 3. The largest absolute Gasteiger partial charge is 0.509 e. The van der Waals surface area contributed by atoms with Crippen LogP contribution in [0.25, 0.3) is 10.8 Å². The summed E-state index contributed by atoms with van der Waals surface area (Å²) in [6.45, 7) is 16.5. The summed E-state index contributed by atoms with van der Waals surface area (Å²) >= 11 is 0. The number of aliphatic hydroxyl groups is 1. The second-order valence-corrected chi connectivity index (χ2v) is 23.3. The molecule has 2 spiro atoms. The number of carbonyl (C=O) groups is 3. The number of fused-ring (bicyclic) bond motifs is 8. The number of benzene rings is 2. The lowest BCUT2D eigenvalue weighted by atomic mass is 9.77. The molecule has 61 heavy (non-hydrogen) atoms. The van der Waals surface area contributed by atoms with Gasteiger partial charge >= 0.3 is 12.1 Å². The minimum Gasteiger partial charge on any atom is -0.506 e. The molecular formula is C42H54O18Si. The van der Waals surface area contributed by atoms with Gasteiger partial charge in [-0.2, -0.15) is 0 Å². The van der Waals surface area contributed by atoms with Crippen molar-refractivity contribution in [3.63, 3.8) is 0 Å². The summed E-state index contributed by atoms with van der Waals surface area (Å²) in [7, 11) is 1.73. The molecule has 0 amide bonds. The van der Waals surface area contributed by atoms with Gasteiger partial charge in [0.1, 0.15) is 41.7 Å². The number of aryl methyl sites for hydroxylation is 1. The third-order valence-corrected chi connectivity index (χ3v) is 18.8. The van der Waals surface area contributed by atoms with Gasteiger partial charge in [-0.15, -0.1) is 0 Å². The normalized spacial score (nSPS) is 38.4. The molecular weight excluding hydrogens is 821 g/mol. The first kappa shape index (κ1) is 42.7. The Morgan fingerprint density at radius 3 is 2.28 bits per heavy atom. The van der Waals surface area contributed by atoms with E-state index in [0.29, 0.717) is 16.5 Å². The van der Waals surface area contributed by atoms with Crippen molar-refractivity contribution in [3.8, 4) is 17.2 Å². The third kappa shape index (κ3) is 5.48. The van der Waals surface area contributed by atoms with Crippen LogP contribution in [0.3, 0.4) is 0 Å². The van der Waals surface area contributed by atoms with E-state index < -0.39 is 110 Å². The minimum atomic E-state index is -2.55. The third-order valence-electron chi connectivity index (χ3n) is 14.3. The van der Waals surface area contributed by atoms with Crippen molar-refractivity contribution in [3.05, 3.63) is 28.3 Å². The molecule has 1 aliphatic carbocycles. The Morgan fingerprint density at radius 2 is 1.70 bits per heavy atom. The summed E-state index contributed by atoms with van der Waals surface area (Å²) in [5.41, 5.74) is -2.02. The smallest absolute Gasteiger partial charge is 0.506 e. The van der Waals surface area contributed by atoms with Gasteiger partial charge in [0.25, 0.3) is 11.6 Å². The molecule has 0 radical (unpaired) electrons. The van der Waals surface area contributed by atoms with E-state index in [2.05, 4.69) is 20.8 Å². The summed E-state index contributed by atoms with van der Waals surface area (Å²) in [5.74, 6) is -5.09. The van der Waals surface area contributed by atoms with Crippen LogP contribution in [0.1, 0.15) is 93.6 Å². The zero-order valence-electron chi connectivity index (χ0n) is 36.3. The SMILES string of the molecule is COc1c2c(c(O)c3c4c(c(C)cc13)C1OC3(C(OC)OC)OC1[C@@](OC1CC(OC(C)=O)C5(OC(=O)O[C@H]5C)C(C)O1)(O4)[C@@]31CO1)C(=O)C(O[Si](C)(C)C(C)(C)C)C[C@@H]2O. The topological polar surface area (TPSA) is 215 Å². The molecule has 2 aromatic carbocycles. The Hall–Kier alpha value is -3.63. The predicted molar refractivity (Wildman–Crippen MR) is 210 cm³/mol. The van der Waals surface area contributed by atoms with Crippen LogP contribution in [0, 0.1) is 6.92 Å². The van der Waals surface area contributed by atoms with Crippen LogP contribution in [0.15, 0.2) is 6.07 Å².